The lowest BCUT2D eigenvalue weighted by molar-refractivity contribution is 1.18. The second-order valence-corrected chi connectivity index (χ2v) is 8.93. The lowest BCUT2D eigenvalue weighted by Gasteiger charge is -2.13. The van der Waals surface area contributed by atoms with E-state index in [1.165, 1.54) is 36.6 Å². The molecule has 0 radical (unpaired) electrons. The third kappa shape index (κ3) is 2.41. The van der Waals surface area contributed by atoms with E-state index in [0.717, 1.165) is 22.5 Å². The Hall–Kier alpha value is -4.02. The monoisotopic (exact) mass is 427 g/mol. The first kappa shape index (κ1) is 17.6. The molecule has 0 aliphatic heterocycles. The van der Waals surface area contributed by atoms with Crippen LogP contribution in [-0.2, 0) is 0 Å². The lowest BCUT2D eigenvalue weighted by Crippen LogP contribution is -1.98. The van der Waals surface area contributed by atoms with Crippen molar-refractivity contribution in [2.45, 2.75) is 0 Å². The Kier molecular flexibility index (Phi) is 3.72. The molecule has 0 N–H and O–H groups in total. The quantitative estimate of drug-likeness (QED) is 0.284. The molecule has 0 aliphatic rings. The van der Waals surface area contributed by atoms with E-state index in [1.807, 2.05) is 35.9 Å². The van der Waals surface area contributed by atoms with Crippen molar-refractivity contribution < 1.29 is 0 Å². The van der Waals surface area contributed by atoms with Gasteiger partial charge in [-0.3, -0.25) is 9.97 Å². The number of aromatic nitrogens is 3. The molecule has 0 saturated carbocycles. The van der Waals surface area contributed by atoms with Crippen LogP contribution >= 0.6 is 11.3 Å². The van der Waals surface area contributed by atoms with Gasteiger partial charge in [0.2, 0.25) is 0 Å². The topological polar surface area (TPSA) is 30.7 Å². The van der Waals surface area contributed by atoms with Gasteiger partial charge in [-0.25, -0.2) is 0 Å². The van der Waals surface area contributed by atoms with Gasteiger partial charge in [-0.1, -0.05) is 60.7 Å². The molecule has 0 spiro atoms. The molecule has 0 bridgehead atoms. The molecule has 0 atom stereocenters. The van der Waals surface area contributed by atoms with Crippen LogP contribution in [-0.4, -0.2) is 14.5 Å². The first-order valence-electron chi connectivity index (χ1n) is 10.6. The van der Waals surface area contributed by atoms with Crippen LogP contribution in [0.1, 0.15) is 0 Å². The Morgan fingerprint density at radius 3 is 2.34 bits per heavy atom. The lowest BCUT2D eigenvalue weighted by atomic mass is 10.1. The smallest absolute Gasteiger partial charge is 0.0910 e. The summed E-state index contributed by atoms with van der Waals surface area (Å²) in [5.74, 6) is 0. The third-order valence-corrected chi connectivity index (χ3v) is 7.27. The van der Waals surface area contributed by atoms with Gasteiger partial charge in [0.25, 0.3) is 0 Å². The Morgan fingerprint density at radius 1 is 0.656 bits per heavy atom. The van der Waals surface area contributed by atoms with Crippen LogP contribution in [0.3, 0.4) is 0 Å². The van der Waals surface area contributed by atoms with Crippen LogP contribution < -0.4 is 0 Å². The zero-order chi connectivity index (χ0) is 21.1. The van der Waals surface area contributed by atoms with E-state index in [4.69, 9.17) is 4.98 Å². The van der Waals surface area contributed by atoms with Gasteiger partial charge >= 0.3 is 0 Å². The van der Waals surface area contributed by atoms with Crippen LogP contribution in [0.5, 0.6) is 0 Å². The highest BCUT2D eigenvalue weighted by Gasteiger charge is 2.20. The number of nitrogens with zero attached hydrogens (tertiary/aromatic N) is 3. The molecular weight excluding hydrogens is 410 g/mol. The van der Waals surface area contributed by atoms with Crippen LogP contribution in [0.25, 0.3) is 59.1 Å². The number of pyridine rings is 2. The molecule has 0 amide bonds. The van der Waals surface area contributed by atoms with Crippen molar-refractivity contribution in [1.82, 2.24) is 14.5 Å². The first-order valence-corrected chi connectivity index (χ1v) is 11.4. The Labute approximate surface area is 188 Å². The van der Waals surface area contributed by atoms with E-state index in [1.54, 1.807) is 0 Å². The maximum absolute atomic E-state index is 4.92. The minimum Gasteiger partial charge on any atom is -0.307 e. The number of thiophene rings is 1. The van der Waals surface area contributed by atoms with Gasteiger partial charge < -0.3 is 4.57 Å². The normalized spacial score (nSPS) is 11.8. The van der Waals surface area contributed by atoms with Gasteiger partial charge in [-0.05, 0) is 30.3 Å². The van der Waals surface area contributed by atoms with Crippen LogP contribution in [0.15, 0.2) is 103 Å². The molecule has 4 aromatic heterocycles. The molecule has 7 rings (SSSR count). The average Bonchev–Trinajstić information content (AvgIpc) is 3.40. The summed E-state index contributed by atoms with van der Waals surface area (Å²) in [5, 5.41) is 3.60. The number of rotatable bonds is 2. The van der Waals surface area contributed by atoms with Crippen molar-refractivity contribution in [3.8, 4) is 16.9 Å². The molecule has 3 aromatic carbocycles. The van der Waals surface area contributed by atoms with E-state index in [0.29, 0.717) is 0 Å². The van der Waals surface area contributed by atoms with Gasteiger partial charge in [0.05, 0.1) is 32.6 Å². The van der Waals surface area contributed by atoms with E-state index in [-0.39, 0.29) is 0 Å². The Bertz CT molecular complexity index is 1780. The van der Waals surface area contributed by atoms with Crippen molar-refractivity contribution in [3.63, 3.8) is 0 Å². The van der Waals surface area contributed by atoms with E-state index >= 15 is 0 Å². The molecule has 150 valence electrons. The number of hydrogen-bond acceptors (Lipinski definition) is 3. The summed E-state index contributed by atoms with van der Waals surface area (Å²) in [4.78, 5) is 9.57. The van der Waals surface area contributed by atoms with Gasteiger partial charge in [-0.15, -0.1) is 11.3 Å². The predicted molar refractivity (Wildman–Crippen MR) is 135 cm³/mol. The highest BCUT2D eigenvalue weighted by Crippen LogP contribution is 2.42. The fourth-order valence-electron chi connectivity index (χ4n) is 4.73. The first-order chi connectivity index (χ1) is 15.9. The second kappa shape index (κ2) is 6.74. The van der Waals surface area contributed by atoms with Crippen molar-refractivity contribution in [3.05, 3.63) is 103 Å². The van der Waals surface area contributed by atoms with Crippen molar-refractivity contribution in [2.24, 2.45) is 0 Å². The SMILES string of the molecule is c1ccc(-c2ccccc2-n2c3ccccc3c3cnc4c5ccccc5sc4c32)nc1. The molecular formula is C28H17N3S. The predicted octanol–water partition coefficient (Wildman–Crippen LogP) is 7.61. The maximum Gasteiger partial charge on any atom is 0.0910 e. The van der Waals surface area contributed by atoms with E-state index in [2.05, 4.69) is 88.4 Å². The molecule has 0 saturated heterocycles. The van der Waals surface area contributed by atoms with E-state index < -0.39 is 0 Å². The zero-order valence-electron chi connectivity index (χ0n) is 17.1. The minimum absolute atomic E-state index is 0.968. The summed E-state index contributed by atoms with van der Waals surface area (Å²) < 4.78 is 4.88. The molecule has 0 aliphatic carbocycles. The van der Waals surface area contributed by atoms with Crippen molar-refractivity contribution >= 4 is 53.4 Å². The third-order valence-electron chi connectivity index (χ3n) is 6.11. The fourth-order valence-corrected chi connectivity index (χ4v) is 5.93. The molecule has 32 heavy (non-hydrogen) atoms. The maximum atomic E-state index is 4.92. The fraction of sp³-hybridized carbons (Fsp3) is 0. The number of benzene rings is 3. The largest absolute Gasteiger partial charge is 0.307 e. The molecule has 4 heteroatoms. The average molecular weight is 428 g/mol. The van der Waals surface area contributed by atoms with E-state index in [9.17, 15) is 0 Å². The zero-order valence-corrected chi connectivity index (χ0v) is 17.9. The number of hydrogen-bond donors (Lipinski definition) is 0. The summed E-state index contributed by atoms with van der Waals surface area (Å²) in [5.41, 5.74) is 6.66. The van der Waals surface area contributed by atoms with Crippen LogP contribution in [0.2, 0.25) is 0 Å². The van der Waals surface area contributed by atoms with Gasteiger partial charge in [0, 0.05) is 38.8 Å². The molecule has 0 fully saturated rings. The molecule has 3 nitrogen and oxygen atoms in total. The van der Waals surface area contributed by atoms with Crippen molar-refractivity contribution in [1.29, 1.82) is 0 Å². The second-order valence-electron chi connectivity index (χ2n) is 7.88. The summed E-state index contributed by atoms with van der Waals surface area (Å²) in [7, 11) is 0. The minimum atomic E-state index is 0.968. The van der Waals surface area contributed by atoms with Gasteiger partial charge in [0.15, 0.2) is 0 Å². The highest BCUT2D eigenvalue weighted by atomic mass is 32.1. The molecule has 7 aromatic rings. The van der Waals surface area contributed by atoms with Gasteiger partial charge in [-0.2, -0.15) is 0 Å². The van der Waals surface area contributed by atoms with Gasteiger partial charge in [0.1, 0.15) is 0 Å². The number of fused-ring (bicyclic) bond motifs is 7. The standard InChI is InChI=1S/C28H17N3S/c1-4-13-23-18(9-1)21-17-30-26-20-11-3-6-15-25(20)32-28(26)27(21)31(23)24-14-5-2-10-19(24)22-12-7-8-16-29-22/h1-17H. The van der Waals surface area contributed by atoms with Crippen molar-refractivity contribution in [2.75, 3.05) is 0 Å². The van der Waals surface area contributed by atoms with Crippen LogP contribution in [0, 0.1) is 0 Å². The summed E-state index contributed by atoms with van der Waals surface area (Å²) in [6.07, 6.45) is 3.89. The highest BCUT2D eigenvalue weighted by molar-refractivity contribution is 7.26. The Morgan fingerprint density at radius 2 is 1.44 bits per heavy atom. The Balaban J connectivity index is 1.70. The summed E-state index contributed by atoms with van der Waals surface area (Å²) in [6.45, 7) is 0. The summed E-state index contributed by atoms with van der Waals surface area (Å²) >= 11 is 1.82. The summed E-state index contributed by atoms with van der Waals surface area (Å²) in [6, 6.07) is 31.7. The number of para-hydroxylation sites is 2. The van der Waals surface area contributed by atoms with Crippen LogP contribution in [0.4, 0.5) is 0 Å². The molecule has 0 unspecified atom stereocenters. The molecule has 4 heterocycles.